The van der Waals surface area contributed by atoms with E-state index >= 15 is 0 Å². The van der Waals surface area contributed by atoms with Gasteiger partial charge in [0.15, 0.2) is 0 Å². The molecule has 2 aromatic carbocycles. The van der Waals surface area contributed by atoms with Gasteiger partial charge >= 0.3 is 0 Å². The van der Waals surface area contributed by atoms with Crippen molar-refractivity contribution in [2.75, 3.05) is 0 Å². The first-order valence-corrected chi connectivity index (χ1v) is 5.24. The fourth-order valence-electron chi connectivity index (χ4n) is 1.84. The fourth-order valence-corrected chi connectivity index (χ4v) is 1.84. The number of aliphatic hydroxyl groups is 2. The molecule has 2 nitrogen and oxygen atoms in total. The van der Waals surface area contributed by atoms with E-state index < -0.39 is 0 Å². The van der Waals surface area contributed by atoms with Crippen LogP contribution in [0.2, 0.25) is 0 Å². The van der Waals surface area contributed by atoms with Crippen molar-refractivity contribution in [1.29, 1.82) is 0 Å². The van der Waals surface area contributed by atoms with Gasteiger partial charge in [0, 0.05) is 0 Å². The van der Waals surface area contributed by atoms with E-state index in [1.807, 2.05) is 48.5 Å². The quantitative estimate of drug-likeness (QED) is 0.823. The van der Waals surface area contributed by atoms with Crippen LogP contribution in [0.1, 0.15) is 11.1 Å². The Morgan fingerprint density at radius 3 is 1.38 bits per heavy atom. The summed E-state index contributed by atoms with van der Waals surface area (Å²) in [6.07, 6.45) is 0. The second kappa shape index (κ2) is 4.92. The van der Waals surface area contributed by atoms with E-state index in [9.17, 15) is 10.2 Å². The van der Waals surface area contributed by atoms with Crippen LogP contribution < -0.4 is 0 Å². The Kier molecular flexibility index (Phi) is 3.34. The van der Waals surface area contributed by atoms with Crippen molar-refractivity contribution < 1.29 is 10.2 Å². The van der Waals surface area contributed by atoms with Crippen LogP contribution in [-0.4, -0.2) is 10.2 Å². The van der Waals surface area contributed by atoms with Crippen LogP contribution in [0.3, 0.4) is 0 Å². The van der Waals surface area contributed by atoms with Gasteiger partial charge in [0.05, 0.1) is 13.2 Å². The zero-order valence-electron chi connectivity index (χ0n) is 8.93. The van der Waals surface area contributed by atoms with Gasteiger partial charge in [-0.15, -0.1) is 0 Å². The van der Waals surface area contributed by atoms with Crippen molar-refractivity contribution in [3.8, 4) is 11.1 Å². The first-order valence-electron chi connectivity index (χ1n) is 5.24. The minimum atomic E-state index is 0.00986. The van der Waals surface area contributed by atoms with Gasteiger partial charge in [-0.3, -0.25) is 0 Å². The van der Waals surface area contributed by atoms with Crippen LogP contribution >= 0.6 is 0 Å². The molecule has 2 N–H and O–H groups in total. The topological polar surface area (TPSA) is 40.5 Å². The molecule has 0 fully saturated rings. The summed E-state index contributed by atoms with van der Waals surface area (Å²) >= 11 is 0. The molecule has 0 bridgehead atoms. The average Bonchev–Trinajstić information content (AvgIpc) is 2.38. The zero-order chi connectivity index (χ0) is 11.4. The second-order valence-electron chi connectivity index (χ2n) is 3.63. The molecule has 0 aliphatic rings. The lowest BCUT2D eigenvalue weighted by Gasteiger charge is -2.10. The lowest BCUT2D eigenvalue weighted by molar-refractivity contribution is 0.280. The summed E-state index contributed by atoms with van der Waals surface area (Å²) < 4.78 is 0. The molecule has 0 radical (unpaired) electrons. The number of benzene rings is 2. The van der Waals surface area contributed by atoms with Crippen molar-refractivity contribution in [2.24, 2.45) is 0 Å². The van der Waals surface area contributed by atoms with E-state index in [4.69, 9.17) is 0 Å². The third-order valence-corrected chi connectivity index (χ3v) is 2.67. The normalized spacial score (nSPS) is 10.4. The van der Waals surface area contributed by atoms with E-state index in [2.05, 4.69) is 0 Å². The van der Waals surface area contributed by atoms with Gasteiger partial charge in [0.1, 0.15) is 0 Å². The third kappa shape index (κ3) is 1.98. The highest BCUT2D eigenvalue weighted by Crippen LogP contribution is 2.27. The van der Waals surface area contributed by atoms with Crippen LogP contribution in [0.5, 0.6) is 0 Å². The molecule has 0 saturated heterocycles. The molecule has 0 aliphatic carbocycles. The van der Waals surface area contributed by atoms with Crippen molar-refractivity contribution in [3.63, 3.8) is 0 Å². The molecule has 0 spiro atoms. The number of hydrogen-bond donors (Lipinski definition) is 2. The van der Waals surface area contributed by atoms with E-state index in [1.54, 1.807) is 0 Å². The molecule has 82 valence electrons. The van der Waals surface area contributed by atoms with Gasteiger partial charge in [0.25, 0.3) is 0 Å². The lowest BCUT2D eigenvalue weighted by Crippen LogP contribution is -1.93. The predicted molar refractivity (Wildman–Crippen MR) is 63.7 cm³/mol. The highest BCUT2D eigenvalue weighted by Gasteiger charge is 2.07. The fraction of sp³-hybridized carbons (Fsp3) is 0.143. The van der Waals surface area contributed by atoms with Crippen LogP contribution in [0, 0.1) is 0 Å². The van der Waals surface area contributed by atoms with Crippen molar-refractivity contribution in [2.45, 2.75) is 13.2 Å². The Morgan fingerprint density at radius 1 is 0.625 bits per heavy atom. The molecule has 2 aromatic rings. The van der Waals surface area contributed by atoms with E-state index in [1.165, 1.54) is 0 Å². The van der Waals surface area contributed by atoms with Gasteiger partial charge in [-0.25, -0.2) is 0 Å². The standard InChI is InChI=1S/C14H14O2/c15-9-11-5-1-3-7-13(11)14-8-4-2-6-12(14)10-16/h1-8,15-16H,9-10H2. The van der Waals surface area contributed by atoms with Gasteiger partial charge < -0.3 is 10.2 Å². The lowest BCUT2D eigenvalue weighted by atomic mass is 9.96. The smallest absolute Gasteiger partial charge is 0.0687 e. The monoisotopic (exact) mass is 214 g/mol. The molecule has 0 amide bonds. The summed E-state index contributed by atoms with van der Waals surface area (Å²) in [6, 6.07) is 15.4. The number of rotatable bonds is 3. The summed E-state index contributed by atoms with van der Waals surface area (Å²) in [5.41, 5.74) is 3.72. The maximum Gasteiger partial charge on any atom is 0.0687 e. The van der Waals surface area contributed by atoms with E-state index in [0.29, 0.717) is 0 Å². The minimum absolute atomic E-state index is 0.00986. The van der Waals surface area contributed by atoms with Crippen molar-refractivity contribution in [3.05, 3.63) is 59.7 Å². The Bertz CT molecular complexity index is 432. The molecular weight excluding hydrogens is 200 g/mol. The molecule has 16 heavy (non-hydrogen) atoms. The van der Waals surface area contributed by atoms with E-state index in [0.717, 1.165) is 22.3 Å². The van der Waals surface area contributed by atoms with E-state index in [-0.39, 0.29) is 13.2 Å². The second-order valence-corrected chi connectivity index (χ2v) is 3.63. The number of hydrogen-bond acceptors (Lipinski definition) is 2. The summed E-state index contributed by atoms with van der Waals surface area (Å²) in [7, 11) is 0. The third-order valence-electron chi connectivity index (χ3n) is 2.67. The maximum absolute atomic E-state index is 9.28. The van der Waals surface area contributed by atoms with Crippen LogP contribution in [0.25, 0.3) is 11.1 Å². The molecule has 2 heteroatoms. The zero-order valence-corrected chi connectivity index (χ0v) is 8.93. The molecule has 0 heterocycles. The van der Waals surface area contributed by atoms with Crippen LogP contribution in [-0.2, 0) is 13.2 Å². The molecule has 0 saturated carbocycles. The van der Waals surface area contributed by atoms with Crippen LogP contribution in [0.4, 0.5) is 0 Å². The summed E-state index contributed by atoms with van der Waals surface area (Å²) in [5.74, 6) is 0. The largest absolute Gasteiger partial charge is 0.392 e. The van der Waals surface area contributed by atoms with Crippen LogP contribution in [0.15, 0.2) is 48.5 Å². The Labute approximate surface area is 94.8 Å². The molecule has 2 rings (SSSR count). The Balaban J connectivity index is 2.58. The summed E-state index contributed by atoms with van der Waals surface area (Å²) in [5, 5.41) is 18.6. The first kappa shape index (κ1) is 10.9. The molecular formula is C14H14O2. The van der Waals surface area contributed by atoms with Gasteiger partial charge in [-0.05, 0) is 22.3 Å². The molecule has 0 atom stereocenters. The molecule has 0 unspecified atom stereocenters. The highest BCUT2D eigenvalue weighted by atomic mass is 16.3. The molecule has 0 aliphatic heterocycles. The summed E-state index contributed by atoms with van der Waals surface area (Å²) in [6.45, 7) is 0.0197. The Hall–Kier alpha value is -1.64. The highest BCUT2D eigenvalue weighted by molar-refractivity contribution is 5.70. The Morgan fingerprint density at radius 2 is 1.00 bits per heavy atom. The van der Waals surface area contributed by atoms with Crippen molar-refractivity contribution >= 4 is 0 Å². The predicted octanol–water partition coefficient (Wildman–Crippen LogP) is 2.34. The van der Waals surface area contributed by atoms with Gasteiger partial charge in [-0.1, -0.05) is 48.5 Å². The SMILES string of the molecule is OCc1ccccc1-c1ccccc1CO. The van der Waals surface area contributed by atoms with Gasteiger partial charge in [-0.2, -0.15) is 0 Å². The first-order chi connectivity index (χ1) is 7.86. The van der Waals surface area contributed by atoms with Gasteiger partial charge in [0.2, 0.25) is 0 Å². The molecule has 0 aromatic heterocycles. The minimum Gasteiger partial charge on any atom is -0.392 e. The maximum atomic E-state index is 9.28. The average molecular weight is 214 g/mol. The summed E-state index contributed by atoms with van der Waals surface area (Å²) in [4.78, 5) is 0. The number of aliphatic hydroxyl groups excluding tert-OH is 2. The van der Waals surface area contributed by atoms with Crippen molar-refractivity contribution in [1.82, 2.24) is 0 Å².